The van der Waals surface area contributed by atoms with Crippen LogP contribution in [0.1, 0.15) is 16.2 Å². The number of rotatable bonds is 6. The molecule has 4 aromatic rings. The highest BCUT2D eigenvalue weighted by Crippen LogP contribution is 2.29. The molecule has 10 heteroatoms. The molecule has 10 nitrogen and oxygen atoms in total. The molecule has 2 aromatic carbocycles. The molecule has 1 fully saturated rings. The molecule has 33 heavy (non-hydrogen) atoms. The third kappa shape index (κ3) is 4.46. The van der Waals surface area contributed by atoms with E-state index in [2.05, 4.69) is 25.4 Å². The van der Waals surface area contributed by atoms with Gasteiger partial charge in [0.1, 0.15) is 5.52 Å². The Labute approximate surface area is 189 Å². The molecule has 1 N–H and O–H groups in total. The molecule has 1 saturated heterocycles. The monoisotopic (exact) mass is 446 g/mol. The fourth-order valence-electron chi connectivity index (χ4n) is 3.60. The Bertz CT molecular complexity index is 1270. The van der Waals surface area contributed by atoms with Crippen molar-refractivity contribution >= 4 is 22.8 Å². The lowest BCUT2D eigenvalue weighted by Gasteiger charge is -2.26. The van der Waals surface area contributed by atoms with Crippen LogP contribution in [0.25, 0.3) is 22.2 Å². The lowest BCUT2D eigenvalue weighted by molar-refractivity contribution is 0.0950. The van der Waals surface area contributed by atoms with E-state index < -0.39 is 0 Å². The highest BCUT2D eigenvalue weighted by atomic mass is 16.5. The maximum absolute atomic E-state index is 12.9. The number of morpholine rings is 1. The van der Waals surface area contributed by atoms with Gasteiger partial charge in [-0.1, -0.05) is 35.5 Å². The van der Waals surface area contributed by atoms with Crippen LogP contribution in [0.5, 0.6) is 6.01 Å². The van der Waals surface area contributed by atoms with Crippen molar-refractivity contribution in [2.24, 2.45) is 0 Å². The van der Waals surface area contributed by atoms with Gasteiger partial charge in [0, 0.05) is 24.2 Å². The van der Waals surface area contributed by atoms with Gasteiger partial charge < -0.3 is 24.2 Å². The van der Waals surface area contributed by atoms with Crippen LogP contribution < -0.4 is 15.0 Å². The summed E-state index contributed by atoms with van der Waals surface area (Å²) in [7, 11) is 1.50. The van der Waals surface area contributed by atoms with Gasteiger partial charge in [-0.2, -0.15) is 15.0 Å². The number of amides is 1. The maximum atomic E-state index is 12.9. The predicted octanol–water partition coefficient (Wildman–Crippen LogP) is 2.46. The number of methoxy groups -OCH3 is 1. The number of ether oxygens (including phenoxy) is 2. The first-order valence-corrected chi connectivity index (χ1v) is 10.6. The van der Waals surface area contributed by atoms with E-state index in [1.807, 2.05) is 35.2 Å². The number of fused-ring (bicyclic) bond motifs is 1. The summed E-state index contributed by atoms with van der Waals surface area (Å²) in [4.78, 5) is 28.0. The Kier molecular flexibility index (Phi) is 5.81. The van der Waals surface area contributed by atoms with Crippen LogP contribution >= 0.6 is 0 Å². The minimum Gasteiger partial charge on any atom is -0.467 e. The van der Waals surface area contributed by atoms with Gasteiger partial charge in [0.15, 0.2) is 11.6 Å². The second-order valence-corrected chi connectivity index (χ2v) is 7.43. The molecule has 5 rings (SSSR count). The lowest BCUT2D eigenvalue weighted by Crippen LogP contribution is -2.37. The van der Waals surface area contributed by atoms with Crippen molar-refractivity contribution in [3.63, 3.8) is 0 Å². The first-order valence-electron chi connectivity index (χ1n) is 10.6. The maximum Gasteiger partial charge on any atom is 0.321 e. The van der Waals surface area contributed by atoms with Crippen molar-refractivity contribution < 1.29 is 18.8 Å². The molecule has 0 bridgehead atoms. The summed E-state index contributed by atoms with van der Waals surface area (Å²) in [5, 5.41) is 7.74. The number of carbonyl (C=O) groups is 1. The van der Waals surface area contributed by atoms with Crippen molar-refractivity contribution in [3.8, 4) is 17.3 Å². The summed E-state index contributed by atoms with van der Waals surface area (Å²) in [5.74, 6) is 1.28. The first kappa shape index (κ1) is 20.8. The molecular formula is C23H22N6O4. The number of carbonyl (C=O) groups excluding carboxylic acids is 1. The normalized spacial score (nSPS) is 13.8. The topological polar surface area (TPSA) is 116 Å². The molecule has 168 valence electrons. The number of nitrogens with one attached hydrogen (secondary N) is 1. The minimum absolute atomic E-state index is 0.127. The highest BCUT2D eigenvalue weighted by Gasteiger charge is 2.18. The number of aromatic nitrogens is 4. The van der Waals surface area contributed by atoms with E-state index in [0.29, 0.717) is 54.9 Å². The van der Waals surface area contributed by atoms with Gasteiger partial charge in [-0.05, 0) is 18.2 Å². The van der Waals surface area contributed by atoms with Crippen LogP contribution in [0.2, 0.25) is 0 Å². The predicted molar refractivity (Wildman–Crippen MR) is 120 cm³/mol. The van der Waals surface area contributed by atoms with Crippen LogP contribution in [0.3, 0.4) is 0 Å². The molecule has 1 aliphatic rings. The Balaban J connectivity index is 1.35. The van der Waals surface area contributed by atoms with E-state index in [1.165, 1.54) is 7.11 Å². The molecule has 1 amide bonds. The standard InChI is InChI=1S/C23H22N6O4/c1-31-23-26-19(25-22(27-23)29-9-11-32-12-10-29)14-24-21(30)16-7-8-18-17(13-16)20(33-28-18)15-5-3-2-4-6-15/h2-8,13H,9-12,14H2,1H3,(H,24,30). The number of hydrogen-bond acceptors (Lipinski definition) is 9. The molecule has 2 aromatic heterocycles. The van der Waals surface area contributed by atoms with E-state index in [1.54, 1.807) is 18.2 Å². The van der Waals surface area contributed by atoms with Gasteiger partial charge in [-0.3, -0.25) is 4.79 Å². The third-order valence-electron chi connectivity index (χ3n) is 5.31. The molecule has 1 aliphatic heterocycles. The first-order chi connectivity index (χ1) is 16.2. The molecule has 3 heterocycles. The molecule has 0 atom stereocenters. The Morgan fingerprint density at radius 1 is 1.09 bits per heavy atom. The average Bonchev–Trinajstić information content (AvgIpc) is 3.31. The summed E-state index contributed by atoms with van der Waals surface area (Å²) in [6.45, 7) is 2.71. The highest BCUT2D eigenvalue weighted by molar-refractivity contribution is 6.00. The second-order valence-electron chi connectivity index (χ2n) is 7.43. The van der Waals surface area contributed by atoms with E-state index in [0.717, 1.165) is 10.9 Å². The van der Waals surface area contributed by atoms with Crippen molar-refractivity contribution in [1.82, 2.24) is 25.4 Å². The molecule has 0 spiro atoms. The summed E-state index contributed by atoms with van der Waals surface area (Å²) >= 11 is 0. The van der Waals surface area contributed by atoms with Gasteiger partial charge in [-0.15, -0.1) is 0 Å². The van der Waals surface area contributed by atoms with E-state index in [9.17, 15) is 4.79 Å². The molecule has 0 unspecified atom stereocenters. The summed E-state index contributed by atoms with van der Waals surface area (Å²) in [6, 6.07) is 15.1. The molecule has 0 saturated carbocycles. The molecule has 0 radical (unpaired) electrons. The average molecular weight is 446 g/mol. The van der Waals surface area contributed by atoms with Crippen molar-refractivity contribution in [2.75, 3.05) is 38.3 Å². The largest absolute Gasteiger partial charge is 0.467 e. The van der Waals surface area contributed by atoms with Gasteiger partial charge in [0.25, 0.3) is 5.91 Å². The molecule has 0 aliphatic carbocycles. The summed E-state index contributed by atoms with van der Waals surface area (Å²) < 4.78 is 16.1. The second kappa shape index (κ2) is 9.21. The SMILES string of the molecule is COc1nc(CNC(=O)c2ccc3noc(-c4ccccc4)c3c2)nc(N2CCOCC2)n1. The van der Waals surface area contributed by atoms with Crippen molar-refractivity contribution in [2.45, 2.75) is 6.54 Å². The Morgan fingerprint density at radius 2 is 1.91 bits per heavy atom. The number of hydrogen-bond donors (Lipinski definition) is 1. The lowest BCUT2D eigenvalue weighted by atomic mass is 10.1. The number of nitrogens with zero attached hydrogens (tertiary/aromatic N) is 5. The van der Waals surface area contributed by atoms with Crippen LogP contribution in [-0.4, -0.2) is 59.4 Å². The zero-order valence-corrected chi connectivity index (χ0v) is 18.0. The van der Waals surface area contributed by atoms with Crippen LogP contribution in [0.15, 0.2) is 53.1 Å². The fraction of sp³-hybridized carbons (Fsp3) is 0.261. The fourth-order valence-corrected chi connectivity index (χ4v) is 3.60. The van der Waals surface area contributed by atoms with Crippen molar-refractivity contribution in [1.29, 1.82) is 0 Å². The zero-order chi connectivity index (χ0) is 22.6. The van der Waals surface area contributed by atoms with Crippen LogP contribution in [0.4, 0.5) is 5.95 Å². The third-order valence-corrected chi connectivity index (χ3v) is 5.31. The summed E-state index contributed by atoms with van der Waals surface area (Å²) in [5.41, 5.74) is 2.06. The van der Waals surface area contributed by atoms with E-state index in [4.69, 9.17) is 14.0 Å². The van der Waals surface area contributed by atoms with Gasteiger partial charge >= 0.3 is 6.01 Å². The summed E-state index contributed by atoms with van der Waals surface area (Å²) in [6.07, 6.45) is 0. The Hall–Kier alpha value is -4.05. The molecular weight excluding hydrogens is 424 g/mol. The quantitative estimate of drug-likeness (QED) is 0.477. The van der Waals surface area contributed by atoms with Gasteiger partial charge in [0.05, 0.1) is 32.3 Å². The van der Waals surface area contributed by atoms with Gasteiger partial charge in [0.2, 0.25) is 5.95 Å². The smallest absolute Gasteiger partial charge is 0.321 e. The number of benzene rings is 2. The van der Waals surface area contributed by atoms with Gasteiger partial charge in [-0.25, -0.2) is 0 Å². The van der Waals surface area contributed by atoms with E-state index >= 15 is 0 Å². The van der Waals surface area contributed by atoms with Crippen molar-refractivity contribution in [3.05, 3.63) is 59.9 Å². The minimum atomic E-state index is -0.260. The number of anilines is 1. The zero-order valence-electron chi connectivity index (χ0n) is 18.0. The van der Waals surface area contributed by atoms with Crippen LogP contribution in [-0.2, 0) is 11.3 Å². The van der Waals surface area contributed by atoms with Crippen LogP contribution in [0, 0.1) is 0 Å². The Morgan fingerprint density at radius 3 is 2.70 bits per heavy atom. The van der Waals surface area contributed by atoms with E-state index in [-0.39, 0.29) is 18.5 Å².